The minimum absolute atomic E-state index is 0.206. The highest BCUT2D eigenvalue weighted by Gasteiger charge is 2.24. The topological polar surface area (TPSA) is 101 Å². The van der Waals surface area contributed by atoms with Gasteiger partial charge >= 0.3 is 0 Å². The first-order valence-electron chi connectivity index (χ1n) is 9.56. The van der Waals surface area contributed by atoms with E-state index >= 15 is 0 Å². The fraction of sp³-hybridized carbons (Fsp3) is 0.136. The molecule has 0 aliphatic carbocycles. The van der Waals surface area contributed by atoms with Gasteiger partial charge in [-0.3, -0.25) is 14.5 Å². The minimum Gasteiger partial charge on any atom is -0.489 e. The zero-order valence-electron chi connectivity index (χ0n) is 16.7. The number of carbonyl (C=O) groups is 1. The van der Waals surface area contributed by atoms with Gasteiger partial charge in [0.05, 0.1) is 41.9 Å². The number of amides is 1. The maximum atomic E-state index is 12.2. The number of hydrogen-bond donors (Lipinski definition) is 0. The van der Waals surface area contributed by atoms with Crippen molar-refractivity contribution in [1.82, 2.24) is 24.4 Å². The number of nitrogens with zero attached hydrogens (tertiary/aromatic N) is 7. The lowest BCUT2D eigenvalue weighted by molar-refractivity contribution is -0.114. The summed E-state index contributed by atoms with van der Waals surface area (Å²) in [7, 11) is 1.85. The Bertz CT molecular complexity index is 1390. The molecule has 0 saturated carbocycles. The highest BCUT2D eigenvalue weighted by Crippen LogP contribution is 2.37. The van der Waals surface area contributed by atoms with E-state index in [-0.39, 0.29) is 5.91 Å². The second kappa shape index (κ2) is 7.11. The van der Waals surface area contributed by atoms with Gasteiger partial charge in [0.15, 0.2) is 0 Å². The monoisotopic (exact) mass is 411 g/mol. The number of ether oxygens (including phenoxy) is 1. The van der Waals surface area contributed by atoms with Crippen LogP contribution in [-0.4, -0.2) is 43.4 Å². The van der Waals surface area contributed by atoms with Crippen LogP contribution in [0.3, 0.4) is 0 Å². The van der Waals surface area contributed by atoms with Crippen LogP contribution < -0.4 is 9.64 Å². The van der Waals surface area contributed by atoms with E-state index in [1.165, 1.54) is 12.3 Å². The number of anilines is 1. The van der Waals surface area contributed by atoms with Crippen LogP contribution in [0.15, 0.2) is 55.8 Å². The molecule has 0 N–H and O–H groups in total. The molecule has 0 atom stereocenters. The van der Waals surface area contributed by atoms with Crippen molar-refractivity contribution in [2.45, 2.75) is 0 Å². The van der Waals surface area contributed by atoms with Gasteiger partial charge < -0.3 is 9.64 Å². The van der Waals surface area contributed by atoms with Crippen LogP contribution in [0.4, 0.5) is 5.69 Å². The Morgan fingerprint density at radius 3 is 2.84 bits per heavy atom. The molecule has 0 spiro atoms. The number of fused-ring (bicyclic) bond motifs is 2. The van der Waals surface area contributed by atoms with Crippen LogP contribution in [-0.2, 0) is 11.8 Å². The van der Waals surface area contributed by atoms with Gasteiger partial charge in [-0.1, -0.05) is 6.58 Å². The first-order chi connectivity index (χ1) is 15.1. The molecule has 4 aromatic heterocycles. The van der Waals surface area contributed by atoms with Crippen molar-refractivity contribution in [3.05, 3.63) is 61.3 Å². The van der Waals surface area contributed by atoms with Crippen molar-refractivity contribution < 1.29 is 9.53 Å². The van der Waals surface area contributed by atoms with Gasteiger partial charge in [0.2, 0.25) is 0 Å². The SMILES string of the molecule is C=CC(=O)N1CCOc2cc(-c3cc(-c4cnn(C)c4)cn4ncc(C#N)c34)ncc21. The Hall–Kier alpha value is -4.45. The number of rotatable bonds is 3. The summed E-state index contributed by atoms with van der Waals surface area (Å²) in [6.07, 6.45) is 9.95. The van der Waals surface area contributed by atoms with Gasteiger partial charge in [0, 0.05) is 42.2 Å². The fourth-order valence-corrected chi connectivity index (χ4v) is 3.73. The van der Waals surface area contributed by atoms with Gasteiger partial charge in [0.25, 0.3) is 5.91 Å². The van der Waals surface area contributed by atoms with Crippen LogP contribution in [0.5, 0.6) is 5.75 Å². The second-order valence-corrected chi connectivity index (χ2v) is 7.09. The molecule has 4 aromatic rings. The molecule has 31 heavy (non-hydrogen) atoms. The molecule has 0 fully saturated rings. The van der Waals surface area contributed by atoms with E-state index in [2.05, 4.69) is 27.8 Å². The lowest BCUT2D eigenvalue weighted by Gasteiger charge is -2.28. The van der Waals surface area contributed by atoms with E-state index in [9.17, 15) is 10.1 Å². The van der Waals surface area contributed by atoms with Crippen LogP contribution in [0.25, 0.3) is 27.9 Å². The summed E-state index contributed by atoms with van der Waals surface area (Å²) in [5, 5.41) is 18.2. The van der Waals surface area contributed by atoms with E-state index in [0.717, 1.165) is 16.7 Å². The Balaban J connectivity index is 1.71. The van der Waals surface area contributed by atoms with Crippen molar-refractivity contribution in [3.63, 3.8) is 0 Å². The van der Waals surface area contributed by atoms with Crippen LogP contribution in [0.2, 0.25) is 0 Å². The maximum Gasteiger partial charge on any atom is 0.250 e. The molecule has 9 nitrogen and oxygen atoms in total. The molecule has 1 amide bonds. The standard InChI is InChI=1S/C22H17N7O2/c1-3-21(30)28-4-5-31-20-7-18(24-11-19(20)28)17-6-14(16-10-25-27(2)12-16)13-29-22(17)15(8-23)9-26-29/h3,6-7,9-13H,1,4-5H2,2H3. The lowest BCUT2D eigenvalue weighted by Crippen LogP contribution is -2.36. The van der Waals surface area contributed by atoms with Crippen LogP contribution in [0.1, 0.15) is 5.56 Å². The highest BCUT2D eigenvalue weighted by atomic mass is 16.5. The number of carbonyl (C=O) groups excluding carboxylic acids is 1. The van der Waals surface area contributed by atoms with E-state index in [0.29, 0.717) is 41.4 Å². The van der Waals surface area contributed by atoms with E-state index in [1.54, 1.807) is 32.6 Å². The molecule has 0 radical (unpaired) electrons. The zero-order valence-corrected chi connectivity index (χ0v) is 16.7. The number of hydrogen-bond acceptors (Lipinski definition) is 6. The molecule has 0 saturated heterocycles. The smallest absolute Gasteiger partial charge is 0.250 e. The van der Waals surface area contributed by atoms with Crippen molar-refractivity contribution in [1.29, 1.82) is 5.26 Å². The molecule has 5 heterocycles. The average Bonchev–Trinajstić information content (AvgIpc) is 3.43. The van der Waals surface area contributed by atoms with Gasteiger partial charge in [-0.05, 0) is 12.1 Å². The summed E-state index contributed by atoms with van der Waals surface area (Å²) >= 11 is 0. The van der Waals surface area contributed by atoms with Crippen molar-refractivity contribution in [2.24, 2.45) is 7.05 Å². The Labute approximate surface area is 177 Å². The van der Waals surface area contributed by atoms with E-state index < -0.39 is 0 Å². The zero-order chi connectivity index (χ0) is 21.5. The molecule has 5 rings (SSSR count). The predicted molar refractivity (Wildman–Crippen MR) is 113 cm³/mol. The molecule has 9 heteroatoms. The second-order valence-electron chi connectivity index (χ2n) is 7.09. The summed E-state index contributed by atoms with van der Waals surface area (Å²) in [5.74, 6) is 0.344. The summed E-state index contributed by atoms with van der Waals surface area (Å²) in [5.41, 5.74) is 4.82. The summed E-state index contributed by atoms with van der Waals surface area (Å²) < 4.78 is 9.20. The van der Waals surface area contributed by atoms with Crippen LogP contribution >= 0.6 is 0 Å². The summed E-state index contributed by atoms with van der Waals surface area (Å²) in [6.45, 7) is 4.37. The summed E-state index contributed by atoms with van der Waals surface area (Å²) in [4.78, 5) is 18.4. The fourth-order valence-electron chi connectivity index (χ4n) is 3.73. The maximum absolute atomic E-state index is 12.2. The number of pyridine rings is 2. The van der Waals surface area contributed by atoms with Crippen molar-refractivity contribution in [3.8, 4) is 34.2 Å². The summed E-state index contributed by atoms with van der Waals surface area (Å²) in [6, 6.07) is 5.94. The molecular weight excluding hydrogens is 394 g/mol. The average molecular weight is 411 g/mol. The Kier molecular flexibility index (Phi) is 4.26. The quantitative estimate of drug-likeness (QED) is 0.480. The van der Waals surface area contributed by atoms with Crippen molar-refractivity contribution in [2.75, 3.05) is 18.1 Å². The third-order valence-corrected chi connectivity index (χ3v) is 5.20. The van der Waals surface area contributed by atoms with E-state index in [4.69, 9.17) is 4.74 Å². The molecule has 1 aliphatic heterocycles. The van der Waals surface area contributed by atoms with E-state index in [1.807, 2.05) is 25.5 Å². The molecule has 152 valence electrons. The predicted octanol–water partition coefficient (Wildman–Crippen LogP) is 2.58. The first-order valence-corrected chi connectivity index (χ1v) is 9.56. The number of nitriles is 1. The highest BCUT2D eigenvalue weighted by molar-refractivity contribution is 6.02. The number of aromatic nitrogens is 5. The van der Waals surface area contributed by atoms with Gasteiger partial charge in [0.1, 0.15) is 24.1 Å². The lowest BCUT2D eigenvalue weighted by atomic mass is 10.0. The van der Waals surface area contributed by atoms with Crippen molar-refractivity contribution >= 4 is 17.1 Å². The minimum atomic E-state index is -0.206. The molecule has 0 aromatic carbocycles. The largest absolute Gasteiger partial charge is 0.489 e. The van der Waals surface area contributed by atoms with Gasteiger partial charge in [-0.15, -0.1) is 0 Å². The normalized spacial score (nSPS) is 12.8. The Morgan fingerprint density at radius 2 is 2.10 bits per heavy atom. The number of aryl methyl sites for hydroxylation is 1. The van der Waals surface area contributed by atoms with Gasteiger partial charge in [-0.25, -0.2) is 4.52 Å². The molecule has 0 unspecified atom stereocenters. The van der Waals surface area contributed by atoms with Gasteiger partial charge in [-0.2, -0.15) is 15.5 Å². The molecular formula is C22H17N7O2. The molecule has 0 bridgehead atoms. The molecule has 1 aliphatic rings. The third-order valence-electron chi connectivity index (χ3n) is 5.20. The first kappa shape index (κ1) is 18.6. The Morgan fingerprint density at radius 1 is 1.23 bits per heavy atom. The third kappa shape index (κ3) is 3.02. The van der Waals surface area contributed by atoms with Crippen LogP contribution in [0, 0.1) is 11.3 Å².